The van der Waals surface area contributed by atoms with Crippen LogP contribution in [0.4, 0.5) is 0 Å². The first kappa shape index (κ1) is 11.4. The molecule has 0 saturated heterocycles. The standard InChI is InChI=1S/C16H22/c1-5-14-8-6-7-9-15(14)16(4)11-10-12(2)13(16)3/h6-9H,5,10-11H2,1-4H3. The van der Waals surface area contributed by atoms with E-state index in [-0.39, 0.29) is 5.41 Å². The van der Waals surface area contributed by atoms with Gasteiger partial charge in [-0.15, -0.1) is 0 Å². The van der Waals surface area contributed by atoms with Crippen LogP contribution in [0.15, 0.2) is 35.4 Å². The minimum atomic E-state index is 0.288. The van der Waals surface area contributed by atoms with E-state index in [1.807, 2.05) is 0 Å². The van der Waals surface area contributed by atoms with E-state index in [1.165, 1.54) is 18.4 Å². The Morgan fingerprint density at radius 2 is 1.88 bits per heavy atom. The monoisotopic (exact) mass is 214 g/mol. The Kier molecular flexibility index (Phi) is 2.92. The normalized spacial score (nSPS) is 25.2. The van der Waals surface area contributed by atoms with E-state index in [1.54, 1.807) is 16.7 Å². The largest absolute Gasteiger partial charge is 0.0735 e. The Labute approximate surface area is 99.4 Å². The van der Waals surface area contributed by atoms with Crippen molar-refractivity contribution in [2.75, 3.05) is 0 Å². The Morgan fingerprint density at radius 1 is 1.19 bits per heavy atom. The van der Waals surface area contributed by atoms with Gasteiger partial charge in [0.1, 0.15) is 0 Å². The summed E-state index contributed by atoms with van der Waals surface area (Å²) in [7, 11) is 0. The van der Waals surface area contributed by atoms with Gasteiger partial charge in [0.15, 0.2) is 0 Å². The second-order valence-electron chi connectivity index (χ2n) is 5.25. The zero-order valence-corrected chi connectivity index (χ0v) is 10.9. The molecule has 0 aliphatic heterocycles. The van der Waals surface area contributed by atoms with Gasteiger partial charge in [0.2, 0.25) is 0 Å². The summed E-state index contributed by atoms with van der Waals surface area (Å²) >= 11 is 0. The maximum atomic E-state index is 2.41. The molecule has 16 heavy (non-hydrogen) atoms. The van der Waals surface area contributed by atoms with Crippen LogP contribution in [-0.4, -0.2) is 0 Å². The van der Waals surface area contributed by atoms with Crippen LogP contribution in [0.3, 0.4) is 0 Å². The third kappa shape index (κ3) is 1.61. The van der Waals surface area contributed by atoms with E-state index in [0.29, 0.717) is 0 Å². The van der Waals surface area contributed by atoms with Gasteiger partial charge in [0, 0.05) is 5.41 Å². The summed E-state index contributed by atoms with van der Waals surface area (Å²) in [5, 5.41) is 0. The van der Waals surface area contributed by atoms with Gasteiger partial charge in [-0.05, 0) is 44.2 Å². The lowest BCUT2D eigenvalue weighted by atomic mass is 9.75. The Bertz CT molecular complexity index is 425. The minimum absolute atomic E-state index is 0.288. The molecule has 0 aromatic heterocycles. The van der Waals surface area contributed by atoms with Gasteiger partial charge in [0.05, 0.1) is 0 Å². The highest BCUT2D eigenvalue weighted by atomic mass is 14.4. The molecular formula is C16H22. The molecule has 1 unspecified atom stereocenters. The van der Waals surface area contributed by atoms with Crippen molar-refractivity contribution in [2.45, 2.75) is 52.4 Å². The lowest BCUT2D eigenvalue weighted by Gasteiger charge is -2.29. The molecule has 0 saturated carbocycles. The van der Waals surface area contributed by atoms with Crippen molar-refractivity contribution in [1.29, 1.82) is 0 Å². The maximum absolute atomic E-state index is 2.41. The van der Waals surface area contributed by atoms with Gasteiger partial charge in [-0.1, -0.05) is 49.3 Å². The molecule has 1 aliphatic rings. The molecular weight excluding hydrogens is 192 g/mol. The summed E-state index contributed by atoms with van der Waals surface area (Å²) in [6.07, 6.45) is 3.68. The van der Waals surface area contributed by atoms with Crippen LogP contribution >= 0.6 is 0 Å². The third-order valence-electron chi connectivity index (χ3n) is 4.46. The molecule has 1 aromatic carbocycles. The summed E-state index contributed by atoms with van der Waals surface area (Å²) in [5.41, 5.74) is 6.53. The molecule has 0 amide bonds. The predicted molar refractivity (Wildman–Crippen MR) is 70.8 cm³/mol. The zero-order chi connectivity index (χ0) is 11.8. The van der Waals surface area contributed by atoms with E-state index in [9.17, 15) is 0 Å². The van der Waals surface area contributed by atoms with Gasteiger partial charge in [-0.25, -0.2) is 0 Å². The number of hydrogen-bond acceptors (Lipinski definition) is 0. The highest BCUT2D eigenvalue weighted by Crippen LogP contribution is 2.45. The molecule has 0 bridgehead atoms. The quantitative estimate of drug-likeness (QED) is 0.629. The van der Waals surface area contributed by atoms with Gasteiger partial charge < -0.3 is 0 Å². The first-order valence-electron chi connectivity index (χ1n) is 6.35. The first-order chi connectivity index (χ1) is 7.59. The van der Waals surface area contributed by atoms with Gasteiger partial charge >= 0.3 is 0 Å². The smallest absolute Gasteiger partial charge is 0.0139 e. The lowest BCUT2D eigenvalue weighted by molar-refractivity contribution is 0.545. The highest BCUT2D eigenvalue weighted by molar-refractivity contribution is 5.44. The molecule has 1 aliphatic carbocycles. The predicted octanol–water partition coefficient (Wildman–Crippen LogP) is 4.64. The van der Waals surface area contributed by atoms with Crippen LogP contribution < -0.4 is 0 Å². The topological polar surface area (TPSA) is 0 Å². The van der Waals surface area contributed by atoms with Crippen LogP contribution in [0, 0.1) is 0 Å². The Balaban J connectivity index is 2.52. The highest BCUT2D eigenvalue weighted by Gasteiger charge is 2.35. The maximum Gasteiger partial charge on any atom is 0.0139 e. The van der Waals surface area contributed by atoms with Crippen molar-refractivity contribution in [3.05, 3.63) is 46.5 Å². The van der Waals surface area contributed by atoms with Crippen LogP contribution in [0.1, 0.15) is 51.7 Å². The summed E-state index contributed by atoms with van der Waals surface area (Å²) < 4.78 is 0. The number of rotatable bonds is 2. The van der Waals surface area contributed by atoms with Gasteiger partial charge in [0.25, 0.3) is 0 Å². The first-order valence-corrected chi connectivity index (χ1v) is 6.35. The van der Waals surface area contributed by atoms with E-state index in [2.05, 4.69) is 52.0 Å². The lowest BCUT2D eigenvalue weighted by Crippen LogP contribution is -2.21. The minimum Gasteiger partial charge on any atom is -0.0735 e. The van der Waals surface area contributed by atoms with Crippen molar-refractivity contribution in [3.63, 3.8) is 0 Å². The summed E-state index contributed by atoms with van der Waals surface area (Å²) in [5.74, 6) is 0. The molecule has 0 nitrogen and oxygen atoms in total. The van der Waals surface area contributed by atoms with Crippen LogP contribution in [-0.2, 0) is 11.8 Å². The zero-order valence-electron chi connectivity index (χ0n) is 10.9. The number of allylic oxidation sites excluding steroid dienone is 2. The summed E-state index contributed by atoms with van der Waals surface area (Å²) in [4.78, 5) is 0. The van der Waals surface area contributed by atoms with Crippen LogP contribution in [0.5, 0.6) is 0 Å². The van der Waals surface area contributed by atoms with E-state index >= 15 is 0 Å². The van der Waals surface area contributed by atoms with Crippen LogP contribution in [0.25, 0.3) is 0 Å². The third-order valence-corrected chi connectivity index (χ3v) is 4.46. The van der Waals surface area contributed by atoms with E-state index < -0.39 is 0 Å². The van der Waals surface area contributed by atoms with Crippen LogP contribution in [0.2, 0.25) is 0 Å². The fourth-order valence-corrected chi connectivity index (χ4v) is 2.99. The molecule has 0 heteroatoms. The SMILES string of the molecule is CCc1ccccc1C1(C)CCC(C)=C1C. The molecule has 0 fully saturated rings. The number of benzene rings is 1. The van der Waals surface area contributed by atoms with E-state index in [0.717, 1.165) is 6.42 Å². The van der Waals surface area contributed by atoms with E-state index in [4.69, 9.17) is 0 Å². The Hall–Kier alpha value is -1.04. The Morgan fingerprint density at radius 3 is 2.44 bits per heavy atom. The van der Waals surface area contributed by atoms with Crippen molar-refractivity contribution in [3.8, 4) is 0 Å². The molecule has 1 aromatic rings. The molecule has 2 rings (SSSR count). The fraction of sp³-hybridized carbons (Fsp3) is 0.500. The molecule has 0 radical (unpaired) electrons. The average molecular weight is 214 g/mol. The van der Waals surface area contributed by atoms with Gasteiger partial charge in [-0.2, -0.15) is 0 Å². The molecule has 0 N–H and O–H groups in total. The van der Waals surface area contributed by atoms with Crippen molar-refractivity contribution in [2.24, 2.45) is 0 Å². The molecule has 86 valence electrons. The summed E-state index contributed by atoms with van der Waals surface area (Å²) in [6, 6.07) is 8.94. The number of aryl methyl sites for hydroxylation is 1. The van der Waals surface area contributed by atoms with Crippen molar-refractivity contribution < 1.29 is 0 Å². The second kappa shape index (κ2) is 4.08. The number of hydrogen-bond donors (Lipinski definition) is 0. The average Bonchev–Trinajstić information content (AvgIpc) is 2.58. The summed E-state index contributed by atoms with van der Waals surface area (Å²) in [6.45, 7) is 9.26. The van der Waals surface area contributed by atoms with Crippen molar-refractivity contribution in [1.82, 2.24) is 0 Å². The fourth-order valence-electron chi connectivity index (χ4n) is 2.99. The van der Waals surface area contributed by atoms with Gasteiger partial charge in [-0.3, -0.25) is 0 Å². The second-order valence-corrected chi connectivity index (χ2v) is 5.25. The molecule has 0 heterocycles. The van der Waals surface area contributed by atoms with Crippen molar-refractivity contribution >= 4 is 0 Å². The molecule has 0 spiro atoms. The molecule has 1 atom stereocenters.